The molecule has 4 atom stereocenters. The molecule has 0 aliphatic carbocycles. The molecule has 2 aromatic rings. The van der Waals surface area contributed by atoms with Gasteiger partial charge < -0.3 is 33.1 Å². The minimum atomic E-state index is -4.75. The first kappa shape index (κ1) is 40.8. The molecular weight excluding hydrogens is 710 g/mol. The van der Waals surface area contributed by atoms with E-state index in [1.54, 1.807) is 19.1 Å². The number of methoxy groups -OCH3 is 1. The third kappa shape index (κ3) is 8.02. The van der Waals surface area contributed by atoms with Crippen molar-refractivity contribution < 1.29 is 109 Å². The zero-order valence-electron chi connectivity index (χ0n) is 28.6. The van der Waals surface area contributed by atoms with Crippen LogP contribution in [-0.2, 0) is 33.1 Å². The molecule has 0 aromatic heterocycles. The Morgan fingerprint density at radius 3 is 1.62 bits per heavy atom. The summed E-state index contributed by atoms with van der Waals surface area (Å²) in [5, 5.41) is -2.64. The van der Waals surface area contributed by atoms with E-state index in [0.717, 1.165) is 0 Å². The average Bonchev–Trinajstić information content (AvgIpc) is 3.53. The monoisotopic (exact) mass is 746 g/mol. The van der Waals surface area contributed by atoms with Crippen molar-refractivity contribution in [1.82, 2.24) is 9.80 Å². The van der Waals surface area contributed by atoms with E-state index in [9.17, 15) is 35.5 Å². The average molecular weight is 747 g/mol. The number of carbonyl (C=O) groups is 2. The maximum absolute atomic E-state index is 13.4. The first-order chi connectivity index (χ1) is 22.6. The third-order valence-corrected chi connectivity index (χ3v) is 12.0. The zero-order valence-corrected chi connectivity index (χ0v) is 34.2. The standard InChI is InChI=1S/C33H38N2O11S2.2Na/c1-18-8-25-30(47(38,39)40)13-21-11-27(20(3)10-23(21)32(36)34(25)16-18)45-6-5-7-46-29-12-22-14-31(48(41,42)43)26-9-19(2)17-35(26)33(37)24(22)15-28(29)44-4;;/h10-12,15,25-26,30-31H,1-2,5-9,13-14,16-17H2,3-4H3,(H,38,39,40)(H,41,42,43);;/q;2*+1/p-2/t25-,26-,30?,31?;;/m0../s1. The number of hydrogen-bond donors (Lipinski definition) is 0. The topological polar surface area (TPSA) is 183 Å². The maximum Gasteiger partial charge on any atom is 1.00 e. The van der Waals surface area contributed by atoms with Gasteiger partial charge in [0.05, 0.1) is 63.1 Å². The van der Waals surface area contributed by atoms with E-state index in [2.05, 4.69) is 13.2 Å². The molecule has 2 amide bonds. The molecule has 4 aliphatic heterocycles. The Morgan fingerprint density at radius 1 is 0.720 bits per heavy atom. The normalized spacial score (nSPS) is 23.0. The van der Waals surface area contributed by atoms with Gasteiger partial charge in [0.1, 0.15) is 5.75 Å². The van der Waals surface area contributed by atoms with Crippen LogP contribution in [0.15, 0.2) is 48.6 Å². The van der Waals surface area contributed by atoms with Crippen molar-refractivity contribution in [3.63, 3.8) is 0 Å². The summed E-state index contributed by atoms with van der Waals surface area (Å²) in [7, 11) is -8.05. The molecule has 0 spiro atoms. The maximum atomic E-state index is 13.4. The van der Waals surface area contributed by atoms with Crippen molar-refractivity contribution >= 4 is 32.1 Å². The summed E-state index contributed by atoms with van der Waals surface area (Å²) in [5.74, 6) is 0.221. The molecule has 0 saturated carbocycles. The zero-order chi connectivity index (χ0) is 34.7. The van der Waals surface area contributed by atoms with Crippen molar-refractivity contribution in [2.75, 3.05) is 33.4 Å². The van der Waals surface area contributed by atoms with Gasteiger partial charge in [-0.05, 0) is 73.6 Å². The number of amides is 2. The number of aryl methyl sites for hydroxylation is 1. The van der Waals surface area contributed by atoms with E-state index in [1.165, 1.54) is 29.0 Å². The van der Waals surface area contributed by atoms with Crippen molar-refractivity contribution in [2.24, 2.45) is 0 Å². The van der Waals surface area contributed by atoms with Gasteiger partial charge in [-0.15, -0.1) is 0 Å². The van der Waals surface area contributed by atoms with Gasteiger partial charge in [-0.2, -0.15) is 0 Å². The molecule has 17 heteroatoms. The summed E-state index contributed by atoms with van der Waals surface area (Å²) >= 11 is 0. The number of carbonyl (C=O) groups excluding carboxylic acids is 2. The van der Waals surface area contributed by atoms with Crippen molar-refractivity contribution in [3.8, 4) is 17.2 Å². The molecule has 0 radical (unpaired) electrons. The molecule has 2 unspecified atom stereocenters. The van der Waals surface area contributed by atoms with Gasteiger partial charge in [0.25, 0.3) is 11.8 Å². The van der Waals surface area contributed by atoms with Crippen molar-refractivity contribution in [3.05, 3.63) is 76.4 Å². The van der Waals surface area contributed by atoms with E-state index in [4.69, 9.17) is 14.2 Å². The molecule has 2 aromatic carbocycles. The Hall–Kier alpha value is -1.92. The second-order valence-corrected chi connectivity index (χ2v) is 16.0. The summed E-state index contributed by atoms with van der Waals surface area (Å²) in [5.41, 5.74) is 3.41. The molecular formula is C33H36N2Na2O11S2. The number of benzene rings is 2. The summed E-state index contributed by atoms with van der Waals surface area (Å²) in [4.78, 5) is 29.7. The number of ether oxygens (including phenoxy) is 3. The molecule has 2 fully saturated rings. The van der Waals surface area contributed by atoms with Crippen LogP contribution < -0.4 is 73.3 Å². The van der Waals surface area contributed by atoms with E-state index < -0.39 is 48.7 Å². The SMILES string of the molecule is C=C1C[C@H]2C(S(=O)(=O)[O-])Cc3cc(OCCCOc4cc5c(cc4OC)C(=O)N4CC(=C)C[C@H]4C(S(=O)(=O)[O-])C5)c(C)cc3C(=O)N2C1.[Na+].[Na+]. The third-order valence-electron chi connectivity index (χ3n) is 9.60. The Bertz CT molecular complexity index is 1950. The molecule has 2 saturated heterocycles. The minimum Gasteiger partial charge on any atom is -0.748 e. The van der Waals surface area contributed by atoms with Crippen LogP contribution in [0.5, 0.6) is 17.2 Å². The quantitative estimate of drug-likeness (QED) is 0.107. The molecule has 6 rings (SSSR count). The van der Waals surface area contributed by atoms with Gasteiger partial charge >= 0.3 is 59.1 Å². The summed E-state index contributed by atoms with van der Waals surface area (Å²) in [6, 6.07) is 4.74. The van der Waals surface area contributed by atoms with Crippen LogP contribution in [-0.4, -0.2) is 104 Å². The van der Waals surface area contributed by atoms with E-state index in [1.807, 2.05) is 0 Å². The number of rotatable bonds is 9. The van der Waals surface area contributed by atoms with Crippen molar-refractivity contribution in [1.29, 1.82) is 0 Å². The van der Waals surface area contributed by atoms with Crippen LogP contribution in [0.1, 0.15) is 56.7 Å². The second kappa shape index (κ2) is 15.6. The largest absolute Gasteiger partial charge is 1.00 e. The molecule has 0 bridgehead atoms. The fourth-order valence-electron chi connectivity index (χ4n) is 7.29. The van der Waals surface area contributed by atoms with Gasteiger partial charge in [0.15, 0.2) is 11.5 Å². The Morgan fingerprint density at radius 2 is 1.16 bits per heavy atom. The summed E-state index contributed by atoms with van der Waals surface area (Å²) in [6.45, 7) is 10.2. The molecule has 258 valence electrons. The molecule has 4 aliphatic rings. The van der Waals surface area contributed by atoms with Crippen molar-refractivity contribution in [2.45, 2.75) is 61.6 Å². The van der Waals surface area contributed by atoms with Crippen LogP contribution >= 0.6 is 0 Å². The van der Waals surface area contributed by atoms with Crippen LogP contribution in [0.3, 0.4) is 0 Å². The van der Waals surface area contributed by atoms with Crippen LogP contribution in [0, 0.1) is 6.92 Å². The van der Waals surface area contributed by atoms with Crippen LogP contribution in [0.25, 0.3) is 0 Å². The summed E-state index contributed by atoms with van der Waals surface area (Å²) in [6.07, 6.45) is 0.586. The second-order valence-electron chi connectivity index (χ2n) is 12.9. The molecule has 50 heavy (non-hydrogen) atoms. The molecule has 13 nitrogen and oxygen atoms in total. The fourth-order valence-corrected chi connectivity index (χ4v) is 9.31. The van der Waals surface area contributed by atoms with Gasteiger partial charge in [-0.3, -0.25) is 9.59 Å². The Kier molecular flexibility index (Phi) is 12.7. The van der Waals surface area contributed by atoms with Gasteiger partial charge in [-0.25, -0.2) is 16.8 Å². The number of fused-ring (bicyclic) bond motifs is 4. The first-order valence-corrected chi connectivity index (χ1v) is 18.5. The van der Waals surface area contributed by atoms with Crippen LogP contribution in [0.4, 0.5) is 0 Å². The predicted octanol–water partition coefficient (Wildman–Crippen LogP) is -3.66. The smallest absolute Gasteiger partial charge is 0.748 e. The summed E-state index contributed by atoms with van der Waals surface area (Å²) < 4.78 is 91.0. The predicted molar refractivity (Wildman–Crippen MR) is 171 cm³/mol. The van der Waals surface area contributed by atoms with E-state index in [-0.39, 0.29) is 134 Å². The van der Waals surface area contributed by atoms with Gasteiger partial charge in [0, 0.05) is 30.6 Å². The first-order valence-electron chi connectivity index (χ1n) is 15.5. The molecule has 4 heterocycles. The molecule has 0 N–H and O–H groups in total. The fraction of sp³-hybridized carbons (Fsp3) is 0.455. The van der Waals surface area contributed by atoms with Crippen LogP contribution in [0.2, 0.25) is 0 Å². The van der Waals surface area contributed by atoms with Gasteiger partial charge in [0.2, 0.25) is 0 Å². The number of hydrogen-bond acceptors (Lipinski definition) is 11. The Balaban J connectivity index is 0.00000281. The number of nitrogens with zero attached hydrogens (tertiary/aromatic N) is 2. The van der Waals surface area contributed by atoms with E-state index in [0.29, 0.717) is 45.6 Å². The van der Waals surface area contributed by atoms with E-state index >= 15 is 0 Å². The van der Waals surface area contributed by atoms with Gasteiger partial charge in [-0.1, -0.05) is 24.3 Å². The minimum absolute atomic E-state index is 0. The Labute approximate surface area is 336 Å².